The molecule has 228 valence electrons. The monoisotopic (exact) mass is 616 g/mol. The number of aromatic nitrogens is 4. The Hall–Kier alpha value is -6.00. The predicted octanol–water partition coefficient (Wildman–Crippen LogP) is 11.0. The van der Waals surface area contributed by atoms with Gasteiger partial charge in [-0.3, -0.25) is 9.13 Å². The molecule has 0 unspecified atom stereocenters. The minimum Gasteiger partial charge on any atom is -0.294 e. The molecule has 0 fully saturated rings. The van der Waals surface area contributed by atoms with E-state index in [-0.39, 0.29) is 5.41 Å². The normalized spacial score (nSPS) is 13.5. The molecule has 0 atom stereocenters. The highest BCUT2D eigenvalue weighted by Gasteiger charge is 2.35. The molecule has 10 rings (SSSR count). The summed E-state index contributed by atoms with van der Waals surface area (Å²) in [7, 11) is 0. The zero-order valence-corrected chi connectivity index (χ0v) is 27.1. The van der Waals surface area contributed by atoms with Crippen molar-refractivity contribution in [1.29, 1.82) is 0 Å². The van der Waals surface area contributed by atoms with Crippen molar-refractivity contribution in [2.45, 2.75) is 26.2 Å². The van der Waals surface area contributed by atoms with Crippen molar-refractivity contribution in [1.82, 2.24) is 19.1 Å². The Balaban J connectivity index is 1.28. The van der Waals surface area contributed by atoms with Gasteiger partial charge in [0.1, 0.15) is 5.82 Å². The summed E-state index contributed by atoms with van der Waals surface area (Å²) in [4.78, 5) is 10.8. The van der Waals surface area contributed by atoms with Gasteiger partial charge < -0.3 is 0 Å². The average Bonchev–Trinajstić information content (AvgIpc) is 3.71. The molecule has 4 nitrogen and oxygen atoms in total. The molecule has 48 heavy (non-hydrogen) atoms. The van der Waals surface area contributed by atoms with Gasteiger partial charge in [0.05, 0.1) is 27.8 Å². The third kappa shape index (κ3) is 3.71. The second-order valence-electron chi connectivity index (χ2n) is 13.6. The van der Waals surface area contributed by atoms with E-state index in [1.54, 1.807) is 0 Å². The molecule has 6 aromatic carbocycles. The quantitative estimate of drug-likeness (QED) is 0.198. The van der Waals surface area contributed by atoms with E-state index in [1.165, 1.54) is 49.4 Å². The van der Waals surface area contributed by atoms with Gasteiger partial charge in [0.15, 0.2) is 0 Å². The van der Waals surface area contributed by atoms with Gasteiger partial charge in [0.2, 0.25) is 5.95 Å². The number of hydrogen-bond donors (Lipinski definition) is 0. The molecule has 0 saturated carbocycles. The predicted molar refractivity (Wildman–Crippen MR) is 198 cm³/mol. The Bertz CT molecular complexity index is 2540. The molecular weight excluding hydrogens is 585 g/mol. The molecule has 0 spiro atoms. The maximum atomic E-state index is 5.40. The van der Waals surface area contributed by atoms with Gasteiger partial charge in [0, 0.05) is 38.6 Å². The largest absolute Gasteiger partial charge is 0.294 e. The van der Waals surface area contributed by atoms with Crippen molar-refractivity contribution in [3.05, 3.63) is 156 Å². The van der Waals surface area contributed by atoms with Crippen LogP contribution in [0.2, 0.25) is 0 Å². The Morgan fingerprint density at radius 3 is 1.52 bits per heavy atom. The summed E-state index contributed by atoms with van der Waals surface area (Å²) in [6.45, 7) is 6.86. The number of para-hydroxylation sites is 4. The summed E-state index contributed by atoms with van der Waals surface area (Å²) < 4.78 is 4.52. The molecule has 0 aliphatic heterocycles. The van der Waals surface area contributed by atoms with Crippen LogP contribution in [-0.2, 0) is 5.41 Å². The second-order valence-corrected chi connectivity index (χ2v) is 13.6. The van der Waals surface area contributed by atoms with Crippen LogP contribution in [0.3, 0.4) is 0 Å². The Labute approximate surface area is 278 Å². The molecule has 0 saturated heterocycles. The Morgan fingerprint density at radius 2 is 0.958 bits per heavy atom. The van der Waals surface area contributed by atoms with Crippen molar-refractivity contribution in [3.63, 3.8) is 0 Å². The number of benzene rings is 6. The summed E-state index contributed by atoms with van der Waals surface area (Å²) in [6.07, 6.45) is 0. The van der Waals surface area contributed by atoms with E-state index in [0.29, 0.717) is 5.95 Å². The smallest absolute Gasteiger partial charge is 0.237 e. The van der Waals surface area contributed by atoms with Crippen molar-refractivity contribution in [2.75, 3.05) is 0 Å². The molecule has 1 aliphatic rings. The van der Waals surface area contributed by atoms with E-state index in [0.717, 1.165) is 39.1 Å². The third-order valence-corrected chi connectivity index (χ3v) is 10.4. The molecule has 0 amide bonds. The van der Waals surface area contributed by atoms with Gasteiger partial charge in [-0.1, -0.05) is 123 Å². The first-order valence-electron chi connectivity index (χ1n) is 16.6. The van der Waals surface area contributed by atoms with Crippen molar-refractivity contribution >= 4 is 43.6 Å². The lowest BCUT2D eigenvalue weighted by Crippen LogP contribution is -2.15. The summed E-state index contributed by atoms with van der Waals surface area (Å²) in [6, 6.07) is 50.2. The van der Waals surface area contributed by atoms with Gasteiger partial charge in [-0.05, 0) is 59.5 Å². The van der Waals surface area contributed by atoms with E-state index in [1.807, 2.05) is 0 Å². The molecule has 0 radical (unpaired) electrons. The molecule has 0 bridgehead atoms. The summed E-state index contributed by atoms with van der Waals surface area (Å²) >= 11 is 0. The standard InChI is InChI=1S/C44H32N4/c1-27-20-22-29-30-23-21-28(25-36(30)44(2,3)35(29)24-27)37-26-42(47-38-16-8-4-12-31(38)32-13-5-9-17-39(32)47)46-43(45-37)48-40-18-10-6-14-33(40)34-15-7-11-19-41(34)48/h4-26H,1-3H3. The van der Waals surface area contributed by atoms with E-state index in [2.05, 4.69) is 169 Å². The number of nitrogens with zero attached hydrogens (tertiary/aromatic N) is 4. The first-order chi connectivity index (χ1) is 23.5. The number of hydrogen-bond acceptors (Lipinski definition) is 2. The van der Waals surface area contributed by atoms with Crippen LogP contribution in [0.4, 0.5) is 0 Å². The van der Waals surface area contributed by atoms with Crippen molar-refractivity contribution in [3.8, 4) is 34.2 Å². The van der Waals surface area contributed by atoms with E-state index < -0.39 is 0 Å². The lowest BCUT2D eigenvalue weighted by molar-refractivity contribution is 0.660. The van der Waals surface area contributed by atoms with Crippen LogP contribution in [0.15, 0.2) is 140 Å². The maximum absolute atomic E-state index is 5.40. The maximum Gasteiger partial charge on any atom is 0.237 e. The first kappa shape index (κ1) is 27.1. The summed E-state index contributed by atoms with van der Waals surface area (Å²) in [5.74, 6) is 1.49. The highest BCUT2D eigenvalue weighted by molar-refractivity contribution is 6.10. The van der Waals surface area contributed by atoms with Crippen LogP contribution in [-0.4, -0.2) is 19.1 Å². The zero-order valence-electron chi connectivity index (χ0n) is 27.1. The van der Waals surface area contributed by atoms with Gasteiger partial charge in [-0.25, -0.2) is 4.98 Å². The van der Waals surface area contributed by atoms with Crippen LogP contribution < -0.4 is 0 Å². The van der Waals surface area contributed by atoms with Gasteiger partial charge in [-0.2, -0.15) is 4.98 Å². The number of fused-ring (bicyclic) bond motifs is 9. The fourth-order valence-electron chi connectivity index (χ4n) is 8.10. The van der Waals surface area contributed by atoms with Crippen molar-refractivity contribution in [2.24, 2.45) is 0 Å². The fraction of sp³-hybridized carbons (Fsp3) is 0.0909. The fourth-order valence-corrected chi connectivity index (χ4v) is 8.10. The Kier molecular flexibility index (Phi) is 5.52. The molecule has 9 aromatic rings. The highest BCUT2D eigenvalue weighted by Crippen LogP contribution is 2.50. The van der Waals surface area contributed by atoms with Crippen LogP contribution in [0.5, 0.6) is 0 Å². The van der Waals surface area contributed by atoms with E-state index in [9.17, 15) is 0 Å². The molecule has 3 aromatic heterocycles. The minimum atomic E-state index is -0.120. The molecule has 1 aliphatic carbocycles. The second kappa shape index (κ2) is 9.76. The minimum absolute atomic E-state index is 0.120. The topological polar surface area (TPSA) is 35.6 Å². The molecule has 4 heteroatoms. The third-order valence-electron chi connectivity index (χ3n) is 10.4. The Morgan fingerprint density at radius 1 is 0.479 bits per heavy atom. The lowest BCUT2D eigenvalue weighted by Gasteiger charge is -2.22. The SMILES string of the molecule is Cc1ccc2c(c1)C(C)(C)c1cc(-c3cc(-n4c5ccccc5c5ccccc54)nc(-n4c5ccccc5c5ccccc54)n3)ccc1-2. The van der Waals surface area contributed by atoms with Gasteiger partial charge in [-0.15, -0.1) is 0 Å². The highest BCUT2D eigenvalue weighted by atomic mass is 15.2. The van der Waals surface area contributed by atoms with E-state index >= 15 is 0 Å². The number of rotatable bonds is 3. The van der Waals surface area contributed by atoms with Crippen LogP contribution in [0.1, 0.15) is 30.5 Å². The molecular formula is C44H32N4. The average molecular weight is 617 g/mol. The van der Waals surface area contributed by atoms with Crippen LogP contribution in [0, 0.1) is 6.92 Å². The van der Waals surface area contributed by atoms with E-state index in [4.69, 9.17) is 9.97 Å². The van der Waals surface area contributed by atoms with Crippen LogP contribution >= 0.6 is 0 Å². The first-order valence-corrected chi connectivity index (χ1v) is 16.6. The lowest BCUT2D eigenvalue weighted by atomic mass is 9.81. The van der Waals surface area contributed by atoms with Gasteiger partial charge in [0.25, 0.3) is 0 Å². The van der Waals surface area contributed by atoms with Crippen LogP contribution in [0.25, 0.3) is 77.8 Å². The summed E-state index contributed by atoms with van der Waals surface area (Å²) in [5.41, 5.74) is 12.9. The number of aryl methyl sites for hydroxylation is 1. The molecule has 0 N–H and O–H groups in total. The molecule has 3 heterocycles. The summed E-state index contributed by atoms with van der Waals surface area (Å²) in [5, 5.41) is 4.79. The zero-order chi connectivity index (χ0) is 32.1. The van der Waals surface area contributed by atoms with Gasteiger partial charge >= 0.3 is 0 Å². The van der Waals surface area contributed by atoms with Crippen molar-refractivity contribution < 1.29 is 0 Å².